The standard InChI is InChI=1S/C23H15NO2/c1-2-14-16-12-11-13-7-3-4-8-15(13)20(16)24-21-19(14)22(25)17-9-5-6-10-18(17)23(21)26/h3-12H,2H2,1H3. The number of hydrogen-bond acceptors (Lipinski definition) is 3. The van der Waals surface area contributed by atoms with Crippen LogP contribution in [0.15, 0.2) is 60.7 Å². The molecule has 124 valence electrons. The Morgan fingerprint density at radius 1 is 0.769 bits per heavy atom. The van der Waals surface area contributed by atoms with E-state index < -0.39 is 0 Å². The normalized spacial score (nSPS) is 13.1. The van der Waals surface area contributed by atoms with E-state index >= 15 is 0 Å². The first-order valence-electron chi connectivity index (χ1n) is 8.73. The first-order chi connectivity index (χ1) is 12.7. The molecule has 0 fully saturated rings. The van der Waals surface area contributed by atoms with Crippen molar-refractivity contribution in [3.8, 4) is 0 Å². The van der Waals surface area contributed by atoms with Crippen molar-refractivity contribution in [3.05, 3.63) is 88.6 Å². The maximum absolute atomic E-state index is 13.1. The zero-order valence-electron chi connectivity index (χ0n) is 14.2. The summed E-state index contributed by atoms with van der Waals surface area (Å²) in [6, 6.07) is 19.1. The summed E-state index contributed by atoms with van der Waals surface area (Å²) >= 11 is 0. The molecule has 1 aliphatic carbocycles. The third-order valence-electron chi connectivity index (χ3n) is 5.20. The van der Waals surface area contributed by atoms with Crippen molar-refractivity contribution in [2.24, 2.45) is 0 Å². The van der Waals surface area contributed by atoms with Gasteiger partial charge in [-0.15, -0.1) is 0 Å². The Labute approximate surface area is 150 Å². The largest absolute Gasteiger partial charge is 0.288 e. The number of carbonyl (C=O) groups excluding carboxylic acids is 2. The summed E-state index contributed by atoms with van der Waals surface area (Å²) < 4.78 is 0. The Morgan fingerprint density at radius 2 is 1.46 bits per heavy atom. The third-order valence-corrected chi connectivity index (χ3v) is 5.20. The van der Waals surface area contributed by atoms with Gasteiger partial charge < -0.3 is 0 Å². The summed E-state index contributed by atoms with van der Waals surface area (Å²) in [6.07, 6.45) is 0.668. The van der Waals surface area contributed by atoms with Gasteiger partial charge in [-0.1, -0.05) is 67.6 Å². The van der Waals surface area contributed by atoms with Crippen molar-refractivity contribution in [2.45, 2.75) is 13.3 Å². The minimum atomic E-state index is -0.167. The molecule has 0 saturated heterocycles. The second kappa shape index (κ2) is 5.33. The lowest BCUT2D eigenvalue weighted by Crippen LogP contribution is -2.24. The lowest BCUT2D eigenvalue weighted by Gasteiger charge is -2.21. The van der Waals surface area contributed by atoms with Gasteiger partial charge in [0.2, 0.25) is 5.78 Å². The van der Waals surface area contributed by atoms with Crippen LogP contribution < -0.4 is 0 Å². The van der Waals surface area contributed by atoms with E-state index in [0.29, 0.717) is 23.1 Å². The van der Waals surface area contributed by atoms with Gasteiger partial charge >= 0.3 is 0 Å². The molecule has 0 unspecified atom stereocenters. The van der Waals surface area contributed by atoms with Crippen molar-refractivity contribution < 1.29 is 9.59 Å². The molecule has 3 nitrogen and oxygen atoms in total. The van der Waals surface area contributed by atoms with Gasteiger partial charge in [-0.2, -0.15) is 0 Å². The predicted molar refractivity (Wildman–Crippen MR) is 102 cm³/mol. The van der Waals surface area contributed by atoms with Crippen LogP contribution in [0, 0.1) is 0 Å². The zero-order valence-corrected chi connectivity index (χ0v) is 14.2. The molecule has 3 aromatic carbocycles. The van der Waals surface area contributed by atoms with Gasteiger partial charge in [0.15, 0.2) is 5.78 Å². The molecule has 0 amide bonds. The van der Waals surface area contributed by atoms with Crippen molar-refractivity contribution in [1.82, 2.24) is 4.98 Å². The quantitative estimate of drug-likeness (QED) is 0.416. The molecule has 0 aliphatic heterocycles. The molecular weight excluding hydrogens is 322 g/mol. The number of aromatic nitrogens is 1. The van der Waals surface area contributed by atoms with E-state index in [-0.39, 0.29) is 17.3 Å². The van der Waals surface area contributed by atoms with E-state index in [1.54, 1.807) is 24.3 Å². The zero-order chi connectivity index (χ0) is 17.8. The van der Waals surface area contributed by atoms with Gasteiger partial charge in [0, 0.05) is 21.9 Å². The highest BCUT2D eigenvalue weighted by Crippen LogP contribution is 2.35. The van der Waals surface area contributed by atoms with E-state index in [9.17, 15) is 9.59 Å². The fourth-order valence-corrected chi connectivity index (χ4v) is 3.98. The van der Waals surface area contributed by atoms with E-state index in [1.165, 1.54) is 0 Å². The first-order valence-corrected chi connectivity index (χ1v) is 8.73. The summed E-state index contributed by atoms with van der Waals surface area (Å²) in [4.78, 5) is 30.9. The monoisotopic (exact) mass is 337 g/mol. The highest BCUT2D eigenvalue weighted by atomic mass is 16.1. The average Bonchev–Trinajstić information content (AvgIpc) is 2.70. The minimum absolute atomic E-state index is 0.102. The number of fused-ring (bicyclic) bond motifs is 5. The number of benzene rings is 3. The molecule has 3 heteroatoms. The van der Waals surface area contributed by atoms with Crippen molar-refractivity contribution in [3.63, 3.8) is 0 Å². The molecule has 0 spiro atoms. The van der Waals surface area contributed by atoms with Crippen molar-refractivity contribution in [2.75, 3.05) is 0 Å². The predicted octanol–water partition coefficient (Wildman–Crippen LogP) is 4.73. The molecule has 1 aromatic heterocycles. The maximum atomic E-state index is 13.1. The number of rotatable bonds is 1. The Kier molecular flexibility index (Phi) is 3.07. The molecule has 0 bridgehead atoms. The highest BCUT2D eigenvalue weighted by Gasteiger charge is 2.33. The fourth-order valence-electron chi connectivity index (χ4n) is 3.98. The topological polar surface area (TPSA) is 47.0 Å². The number of aryl methyl sites for hydroxylation is 1. The fraction of sp³-hybridized carbons (Fsp3) is 0.0870. The Morgan fingerprint density at radius 3 is 2.23 bits per heavy atom. The average molecular weight is 337 g/mol. The molecule has 26 heavy (non-hydrogen) atoms. The van der Waals surface area contributed by atoms with Crippen LogP contribution in [0.5, 0.6) is 0 Å². The second-order valence-electron chi connectivity index (χ2n) is 6.55. The van der Waals surface area contributed by atoms with E-state index in [1.807, 2.05) is 43.3 Å². The number of nitrogens with zero attached hydrogens (tertiary/aromatic N) is 1. The number of pyridine rings is 1. The van der Waals surface area contributed by atoms with Gasteiger partial charge in [-0.05, 0) is 17.4 Å². The smallest absolute Gasteiger partial charge is 0.212 e. The molecule has 0 radical (unpaired) electrons. The molecule has 4 aromatic rings. The molecule has 0 saturated carbocycles. The van der Waals surface area contributed by atoms with Gasteiger partial charge in [-0.3, -0.25) is 9.59 Å². The number of ketones is 2. The molecular formula is C23H15NO2. The summed E-state index contributed by atoms with van der Waals surface area (Å²) in [5.74, 6) is -0.269. The first kappa shape index (κ1) is 15.0. The van der Waals surface area contributed by atoms with Crippen LogP contribution in [0.2, 0.25) is 0 Å². The maximum Gasteiger partial charge on any atom is 0.212 e. The van der Waals surface area contributed by atoms with Gasteiger partial charge in [0.05, 0.1) is 11.1 Å². The number of carbonyl (C=O) groups is 2. The Hall–Kier alpha value is -3.33. The van der Waals surface area contributed by atoms with Crippen LogP contribution in [0.3, 0.4) is 0 Å². The minimum Gasteiger partial charge on any atom is -0.288 e. The Bertz CT molecular complexity index is 1250. The van der Waals surface area contributed by atoms with Crippen molar-refractivity contribution >= 4 is 33.2 Å². The highest BCUT2D eigenvalue weighted by molar-refractivity contribution is 6.29. The van der Waals surface area contributed by atoms with Crippen LogP contribution in [0.1, 0.15) is 44.5 Å². The molecule has 1 heterocycles. The lowest BCUT2D eigenvalue weighted by molar-refractivity contribution is 0.0975. The summed E-state index contributed by atoms with van der Waals surface area (Å²) in [5.41, 5.74) is 3.37. The van der Waals surface area contributed by atoms with E-state index in [0.717, 1.165) is 27.2 Å². The van der Waals surface area contributed by atoms with Crippen molar-refractivity contribution in [1.29, 1.82) is 0 Å². The molecule has 5 rings (SSSR count). The second-order valence-corrected chi connectivity index (χ2v) is 6.55. The lowest BCUT2D eigenvalue weighted by atomic mass is 9.82. The van der Waals surface area contributed by atoms with Gasteiger partial charge in [0.25, 0.3) is 0 Å². The Balaban J connectivity index is 1.96. The van der Waals surface area contributed by atoms with E-state index in [2.05, 4.69) is 0 Å². The van der Waals surface area contributed by atoms with Gasteiger partial charge in [0.1, 0.15) is 5.69 Å². The summed E-state index contributed by atoms with van der Waals surface area (Å²) in [5, 5.41) is 3.02. The van der Waals surface area contributed by atoms with Crippen LogP contribution in [0.25, 0.3) is 21.7 Å². The molecule has 1 aliphatic rings. The molecule has 0 atom stereocenters. The summed E-state index contributed by atoms with van der Waals surface area (Å²) in [6.45, 7) is 2.02. The van der Waals surface area contributed by atoms with Crippen LogP contribution in [0.4, 0.5) is 0 Å². The SMILES string of the molecule is CCc1c2c(nc3c1ccc1ccccc13)C(=O)c1ccccc1C2=O. The number of hydrogen-bond donors (Lipinski definition) is 0. The van der Waals surface area contributed by atoms with Crippen LogP contribution in [-0.4, -0.2) is 16.6 Å². The van der Waals surface area contributed by atoms with Crippen LogP contribution >= 0.6 is 0 Å². The molecule has 0 N–H and O–H groups in total. The van der Waals surface area contributed by atoms with E-state index in [4.69, 9.17) is 4.98 Å². The third kappa shape index (κ3) is 1.85. The van der Waals surface area contributed by atoms with Crippen LogP contribution in [-0.2, 0) is 6.42 Å². The summed E-state index contributed by atoms with van der Waals surface area (Å²) in [7, 11) is 0. The van der Waals surface area contributed by atoms with Gasteiger partial charge in [-0.25, -0.2) is 4.98 Å².